The lowest BCUT2D eigenvalue weighted by Gasteiger charge is -2.04. The smallest absolute Gasteiger partial charge is 0.221 e. The van der Waals surface area contributed by atoms with Gasteiger partial charge in [-0.3, -0.25) is 4.79 Å². The molecule has 7 heteroatoms. The van der Waals surface area contributed by atoms with Crippen LogP contribution in [0.15, 0.2) is 24.5 Å². The van der Waals surface area contributed by atoms with Crippen LogP contribution in [-0.2, 0) is 4.79 Å². The number of aromatic nitrogens is 4. The zero-order valence-electron chi connectivity index (χ0n) is 8.88. The Hall–Kier alpha value is -2.44. The van der Waals surface area contributed by atoms with Crippen molar-refractivity contribution in [3.05, 3.63) is 30.3 Å². The predicted octanol–water partition coefficient (Wildman–Crippen LogP) is 1.03. The van der Waals surface area contributed by atoms with E-state index in [1.54, 1.807) is 6.07 Å². The second kappa shape index (κ2) is 4.60. The zero-order valence-corrected chi connectivity index (χ0v) is 8.88. The summed E-state index contributed by atoms with van der Waals surface area (Å²) in [7, 11) is 0. The van der Waals surface area contributed by atoms with E-state index in [1.165, 1.54) is 25.4 Å². The number of nitrogens with one attached hydrogen (secondary N) is 1. The molecule has 2 aromatic rings. The van der Waals surface area contributed by atoms with Crippen molar-refractivity contribution in [1.29, 1.82) is 0 Å². The van der Waals surface area contributed by atoms with E-state index in [2.05, 4.69) is 25.7 Å². The summed E-state index contributed by atoms with van der Waals surface area (Å²) in [5.74, 6) is -0.593. The molecular formula is C10H8FN5O. The molecule has 0 aliphatic heterocycles. The van der Waals surface area contributed by atoms with Crippen molar-refractivity contribution in [2.45, 2.75) is 6.92 Å². The van der Waals surface area contributed by atoms with Crippen molar-refractivity contribution in [1.82, 2.24) is 20.4 Å². The second-order valence-electron chi connectivity index (χ2n) is 3.28. The van der Waals surface area contributed by atoms with Gasteiger partial charge in [0.25, 0.3) is 0 Å². The van der Waals surface area contributed by atoms with E-state index in [1.807, 2.05) is 0 Å². The average Bonchev–Trinajstić information content (AvgIpc) is 2.28. The summed E-state index contributed by atoms with van der Waals surface area (Å²) in [5, 5.41) is 17.0. The first-order valence-electron chi connectivity index (χ1n) is 4.74. The molecule has 0 unspecified atom stereocenters. The van der Waals surface area contributed by atoms with Gasteiger partial charge in [-0.05, 0) is 18.2 Å². The molecule has 1 N–H and O–H groups in total. The third-order valence-corrected chi connectivity index (χ3v) is 1.88. The Labute approximate surface area is 95.9 Å². The summed E-state index contributed by atoms with van der Waals surface area (Å²) in [6.45, 7) is 1.34. The number of benzene rings is 1. The predicted molar refractivity (Wildman–Crippen MR) is 57.3 cm³/mol. The monoisotopic (exact) mass is 233 g/mol. The third-order valence-electron chi connectivity index (χ3n) is 1.88. The number of carbonyl (C=O) groups is 1. The number of rotatable bonds is 2. The van der Waals surface area contributed by atoms with Gasteiger partial charge in [-0.2, -0.15) is 0 Å². The average molecular weight is 233 g/mol. The minimum atomic E-state index is -0.501. The number of hydrogen-bond donors (Lipinski definition) is 1. The van der Waals surface area contributed by atoms with E-state index in [-0.39, 0.29) is 11.7 Å². The van der Waals surface area contributed by atoms with Crippen molar-refractivity contribution in [2.24, 2.45) is 0 Å². The van der Waals surface area contributed by atoms with Crippen LogP contribution in [0.1, 0.15) is 6.92 Å². The molecule has 0 spiro atoms. The highest BCUT2D eigenvalue weighted by molar-refractivity contribution is 5.89. The van der Waals surface area contributed by atoms with E-state index in [9.17, 15) is 9.18 Å². The molecule has 0 aliphatic carbocycles. The fourth-order valence-corrected chi connectivity index (χ4v) is 1.31. The van der Waals surface area contributed by atoms with Crippen LogP contribution in [0.25, 0.3) is 11.4 Å². The molecular weight excluding hydrogens is 225 g/mol. The topological polar surface area (TPSA) is 80.7 Å². The van der Waals surface area contributed by atoms with Gasteiger partial charge in [0.05, 0.1) is 0 Å². The largest absolute Gasteiger partial charge is 0.326 e. The fourth-order valence-electron chi connectivity index (χ4n) is 1.31. The summed E-state index contributed by atoms with van der Waals surface area (Å²) < 4.78 is 13.3. The standard InChI is InChI=1S/C10H8FN5O/c1-6(17)14-9-3-7(2-8(11)4-9)10-15-12-5-13-16-10/h2-5H,1H3,(H,14,17). The molecule has 1 heterocycles. The molecule has 86 valence electrons. The quantitative estimate of drug-likeness (QED) is 0.837. The number of halogens is 1. The molecule has 0 saturated carbocycles. The van der Waals surface area contributed by atoms with Crippen LogP contribution >= 0.6 is 0 Å². The number of carbonyl (C=O) groups excluding carboxylic acids is 1. The Morgan fingerprint density at radius 2 is 1.94 bits per heavy atom. The number of anilines is 1. The van der Waals surface area contributed by atoms with Crippen LogP contribution in [-0.4, -0.2) is 26.3 Å². The molecule has 0 atom stereocenters. The summed E-state index contributed by atoms with van der Waals surface area (Å²) in [6.07, 6.45) is 1.18. The molecule has 0 bridgehead atoms. The minimum Gasteiger partial charge on any atom is -0.326 e. The fraction of sp³-hybridized carbons (Fsp3) is 0.100. The maximum absolute atomic E-state index is 13.3. The van der Waals surface area contributed by atoms with Gasteiger partial charge < -0.3 is 5.32 Å². The molecule has 6 nitrogen and oxygen atoms in total. The normalized spacial score (nSPS) is 10.0. The van der Waals surface area contributed by atoms with Crippen molar-refractivity contribution in [3.63, 3.8) is 0 Å². The molecule has 0 fully saturated rings. The molecule has 1 amide bonds. The first-order valence-corrected chi connectivity index (χ1v) is 4.74. The van der Waals surface area contributed by atoms with Gasteiger partial charge in [-0.25, -0.2) is 4.39 Å². The van der Waals surface area contributed by atoms with Crippen LogP contribution in [0, 0.1) is 5.82 Å². The van der Waals surface area contributed by atoms with Crippen LogP contribution in [0.5, 0.6) is 0 Å². The second-order valence-corrected chi connectivity index (χ2v) is 3.28. The Kier molecular flexibility index (Phi) is 2.99. The number of hydrogen-bond acceptors (Lipinski definition) is 5. The Morgan fingerprint density at radius 1 is 1.24 bits per heavy atom. The van der Waals surface area contributed by atoms with Gasteiger partial charge in [0.1, 0.15) is 5.82 Å². The van der Waals surface area contributed by atoms with Gasteiger partial charge >= 0.3 is 0 Å². The Bertz CT molecular complexity index is 546. The molecule has 1 aromatic heterocycles. The van der Waals surface area contributed by atoms with Crippen LogP contribution in [0.3, 0.4) is 0 Å². The SMILES string of the molecule is CC(=O)Nc1cc(F)cc(-c2nncnn2)c1. The minimum absolute atomic E-state index is 0.193. The van der Waals surface area contributed by atoms with E-state index < -0.39 is 5.82 Å². The van der Waals surface area contributed by atoms with Gasteiger partial charge in [0.2, 0.25) is 11.7 Å². The lowest BCUT2D eigenvalue weighted by atomic mass is 10.2. The van der Waals surface area contributed by atoms with Crippen LogP contribution in [0.2, 0.25) is 0 Å². The molecule has 2 rings (SSSR count). The maximum Gasteiger partial charge on any atom is 0.221 e. The van der Waals surface area contributed by atoms with Crippen LogP contribution < -0.4 is 5.32 Å². The van der Waals surface area contributed by atoms with E-state index >= 15 is 0 Å². The number of nitrogens with zero attached hydrogens (tertiary/aromatic N) is 4. The lowest BCUT2D eigenvalue weighted by molar-refractivity contribution is -0.114. The van der Waals surface area contributed by atoms with E-state index in [4.69, 9.17) is 0 Å². The molecule has 0 aliphatic rings. The third kappa shape index (κ3) is 2.77. The van der Waals surface area contributed by atoms with Crippen molar-refractivity contribution < 1.29 is 9.18 Å². The van der Waals surface area contributed by atoms with Crippen molar-refractivity contribution in [2.75, 3.05) is 5.32 Å². The van der Waals surface area contributed by atoms with Crippen LogP contribution in [0.4, 0.5) is 10.1 Å². The first-order chi connectivity index (χ1) is 8.15. The highest BCUT2D eigenvalue weighted by Gasteiger charge is 2.07. The Morgan fingerprint density at radius 3 is 2.59 bits per heavy atom. The Balaban J connectivity index is 2.42. The summed E-state index contributed by atoms with van der Waals surface area (Å²) in [5.41, 5.74) is 0.731. The summed E-state index contributed by atoms with van der Waals surface area (Å²) in [6, 6.07) is 3.99. The molecule has 17 heavy (non-hydrogen) atoms. The van der Waals surface area contributed by atoms with Gasteiger partial charge in [-0.15, -0.1) is 20.4 Å². The lowest BCUT2D eigenvalue weighted by Crippen LogP contribution is -2.06. The summed E-state index contributed by atoms with van der Waals surface area (Å²) >= 11 is 0. The highest BCUT2D eigenvalue weighted by atomic mass is 19.1. The summed E-state index contributed by atoms with van der Waals surface area (Å²) in [4.78, 5) is 10.9. The highest BCUT2D eigenvalue weighted by Crippen LogP contribution is 2.20. The van der Waals surface area contributed by atoms with Gasteiger partial charge in [0, 0.05) is 18.2 Å². The maximum atomic E-state index is 13.3. The number of amides is 1. The molecule has 0 saturated heterocycles. The van der Waals surface area contributed by atoms with Crippen molar-refractivity contribution in [3.8, 4) is 11.4 Å². The van der Waals surface area contributed by atoms with E-state index in [0.29, 0.717) is 11.3 Å². The van der Waals surface area contributed by atoms with E-state index in [0.717, 1.165) is 0 Å². The first kappa shape index (κ1) is 11.1. The van der Waals surface area contributed by atoms with Crippen molar-refractivity contribution >= 4 is 11.6 Å². The zero-order chi connectivity index (χ0) is 12.3. The van der Waals surface area contributed by atoms with Gasteiger partial charge in [0.15, 0.2) is 6.33 Å². The van der Waals surface area contributed by atoms with Gasteiger partial charge in [-0.1, -0.05) is 0 Å². The molecule has 0 radical (unpaired) electrons. The molecule has 1 aromatic carbocycles.